The van der Waals surface area contributed by atoms with E-state index in [0.29, 0.717) is 5.75 Å². The fraction of sp³-hybridized carbons (Fsp3) is 0.581. The molecule has 0 radical (unpaired) electrons. The molecule has 2 atom stereocenters. The standard InChI is InChI=1S/C31H46O5.Na.H/c1-8-31(9-2,24-12-10-23(21(3)18-24)11-16-28(33)30(5,6)7)25-13-15-27(22(4)19-25)36-20-26(32)14-17-29(34)35;;/h10,12-13,15,18-19,26,28,32-33H,8-9,11,14,16-17,20H2,1-7H3,(H,34,35);;/t26-,28?;;/m1../s1. The normalized spacial score (nSPS) is 13.5. The van der Waals surface area contributed by atoms with Crippen molar-refractivity contribution in [1.29, 1.82) is 0 Å². The van der Waals surface area contributed by atoms with Gasteiger partial charge in [0.2, 0.25) is 0 Å². The zero-order valence-electron chi connectivity index (χ0n) is 23.2. The van der Waals surface area contributed by atoms with Crippen molar-refractivity contribution in [3.8, 4) is 5.75 Å². The SMILES string of the molecule is CCC(CC)(c1ccc(CCC(O)C(C)(C)C)c(C)c1)c1ccc(OC[C@H](O)CCC(=O)O)c(C)c1.[NaH]. The van der Waals surface area contributed by atoms with E-state index in [4.69, 9.17) is 9.84 Å². The number of carboxylic acids is 1. The second kappa shape index (κ2) is 14.7. The molecule has 0 spiro atoms. The van der Waals surface area contributed by atoms with Crippen LogP contribution in [0.1, 0.15) is 94.5 Å². The van der Waals surface area contributed by atoms with Gasteiger partial charge < -0.3 is 20.1 Å². The second-order valence-electron chi connectivity index (χ2n) is 11.2. The summed E-state index contributed by atoms with van der Waals surface area (Å²) in [5, 5.41) is 29.3. The molecule has 0 aliphatic heterocycles. The molecule has 3 N–H and O–H groups in total. The molecule has 0 fully saturated rings. The minimum atomic E-state index is -0.921. The third-order valence-corrected chi connectivity index (χ3v) is 7.64. The summed E-state index contributed by atoms with van der Waals surface area (Å²) in [5.41, 5.74) is 5.82. The van der Waals surface area contributed by atoms with E-state index in [1.165, 1.54) is 22.3 Å². The van der Waals surface area contributed by atoms with Crippen LogP contribution in [0.5, 0.6) is 5.75 Å². The molecule has 0 saturated carbocycles. The van der Waals surface area contributed by atoms with Crippen LogP contribution in [0.15, 0.2) is 36.4 Å². The van der Waals surface area contributed by atoms with Gasteiger partial charge in [-0.3, -0.25) is 4.79 Å². The van der Waals surface area contributed by atoms with Crippen LogP contribution >= 0.6 is 0 Å². The molecule has 2 rings (SSSR count). The minimum absolute atomic E-state index is 0. The van der Waals surface area contributed by atoms with Crippen LogP contribution in [-0.4, -0.2) is 69.7 Å². The molecule has 0 aliphatic rings. The van der Waals surface area contributed by atoms with Crippen molar-refractivity contribution in [2.45, 2.75) is 105 Å². The molecule has 0 aromatic heterocycles. The fourth-order valence-corrected chi connectivity index (χ4v) is 4.90. The Morgan fingerprint density at radius 1 is 0.919 bits per heavy atom. The zero-order chi connectivity index (χ0) is 27.1. The summed E-state index contributed by atoms with van der Waals surface area (Å²) in [7, 11) is 0. The van der Waals surface area contributed by atoms with E-state index in [1.807, 2.05) is 13.0 Å². The van der Waals surface area contributed by atoms with E-state index in [-0.39, 0.29) is 65.9 Å². The third-order valence-electron chi connectivity index (χ3n) is 7.64. The van der Waals surface area contributed by atoms with Gasteiger partial charge in [-0.05, 0) is 85.3 Å². The number of aryl methyl sites for hydroxylation is 3. The first-order valence-electron chi connectivity index (χ1n) is 13.3. The molecule has 1 unspecified atom stereocenters. The van der Waals surface area contributed by atoms with Crippen LogP contribution in [0, 0.1) is 19.3 Å². The number of benzene rings is 2. The van der Waals surface area contributed by atoms with Crippen molar-refractivity contribution in [2.75, 3.05) is 6.61 Å². The molecule has 0 amide bonds. The molecule has 0 heterocycles. The third kappa shape index (κ3) is 9.11. The van der Waals surface area contributed by atoms with E-state index in [2.05, 4.69) is 71.9 Å². The first-order chi connectivity index (χ1) is 16.8. The Bertz CT molecular complexity index is 1010. The summed E-state index contributed by atoms with van der Waals surface area (Å²) in [6.45, 7) is 14.9. The van der Waals surface area contributed by atoms with Crippen molar-refractivity contribution in [1.82, 2.24) is 0 Å². The summed E-state index contributed by atoms with van der Waals surface area (Å²) >= 11 is 0. The van der Waals surface area contributed by atoms with Crippen LogP contribution in [0.3, 0.4) is 0 Å². The molecule has 202 valence electrons. The van der Waals surface area contributed by atoms with E-state index < -0.39 is 12.1 Å². The van der Waals surface area contributed by atoms with E-state index in [1.54, 1.807) is 0 Å². The number of carboxylic acid groups (broad SMARTS) is 1. The molecule has 0 saturated heterocycles. The maximum absolute atomic E-state index is 10.7. The van der Waals surface area contributed by atoms with Crippen molar-refractivity contribution >= 4 is 35.5 Å². The van der Waals surface area contributed by atoms with Crippen molar-refractivity contribution in [3.05, 3.63) is 64.2 Å². The van der Waals surface area contributed by atoms with Crippen LogP contribution in [0.4, 0.5) is 0 Å². The first kappa shape index (κ1) is 33.7. The number of hydrogen-bond donors (Lipinski definition) is 3. The van der Waals surface area contributed by atoms with Gasteiger partial charge in [-0.2, -0.15) is 0 Å². The summed E-state index contributed by atoms with van der Waals surface area (Å²) in [6, 6.07) is 13.0. The van der Waals surface area contributed by atoms with Gasteiger partial charge >= 0.3 is 35.5 Å². The second-order valence-corrected chi connectivity index (χ2v) is 11.2. The number of aliphatic hydroxyl groups is 2. The summed E-state index contributed by atoms with van der Waals surface area (Å²) in [6.07, 6.45) is 2.48. The van der Waals surface area contributed by atoms with Gasteiger partial charge in [0, 0.05) is 11.8 Å². The Balaban J connectivity index is 0.00000684. The number of carbonyl (C=O) groups is 1. The maximum atomic E-state index is 10.7. The summed E-state index contributed by atoms with van der Waals surface area (Å²) in [4.78, 5) is 10.7. The number of ether oxygens (including phenoxy) is 1. The molecule has 0 aliphatic carbocycles. The van der Waals surface area contributed by atoms with Gasteiger partial charge in [-0.15, -0.1) is 0 Å². The fourth-order valence-electron chi connectivity index (χ4n) is 4.90. The number of aliphatic carboxylic acids is 1. The number of aliphatic hydroxyl groups excluding tert-OH is 2. The molecule has 0 bridgehead atoms. The van der Waals surface area contributed by atoms with E-state index >= 15 is 0 Å². The molecule has 37 heavy (non-hydrogen) atoms. The van der Waals surface area contributed by atoms with Crippen molar-refractivity contribution in [3.63, 3.8) is 0 Å². The topological polar surface area (TPSA) is 87.0 Å². The van der Waals surface area contributed by atoms with Gasteiger partial charge in [0.05, 0.1) is 12.2 Å². The number of hydrogen-bond acceptors (Lipinski definition) is 4. The summed E-state index contributed by atoms with van der Waals surface area (Å²) in [5.74, 6) is -0.214. The van der Waals surface area contributed by atoms with Gasteiger partial charge in [0.25, 0.3) is 0 Å². The Labute approximate surface area is 245 Å². The Hall–Kier alpha value is -1.37. The van der Waals surface area contributed by atoms with Gasteiger partial charge in [-0.25, -0.2) is 0 Å². The van der Waals surface area contributed by atoms with Gasteiger partial charge in [-0.1, -0.05) is 65.0 Å². The Morgan fingerprint density at radius 3 is 1.97 bits per heavy atom. The van der Waals surface area contributed by atoms with Crippen LogP contribution < -0.4 is 4.74 Å². The van der Waals surface area contributed by atoms with Crippen LogP contribution in [0.25, 0.3) is 0 Å². The predicted molar refractivity (Wildman–Crippen MR) is 153 cm³/mol. The molecule has 5 nitrogen and oxygen atoms in total. The van der Waals surface area contributed by atoms with E-state index in [9.17, 15) is 15.0 Å². The van der Waals surface area contributed by atoms with Crippen molar-refractivity contribution < 1.29 is 24.9 Å². The quantitative estimate of drug-likeness (QED) is 0.294. The molecular weight excluding hydrogens is 475 g/mol. The Kier molecular flexibility index (Phi) is 13.4. The molecule has 6 heteroatoms. The van der Waals surface area contributed by atoms with Crippen molar-refractivity contribution in [2.24, 2.45) is 5.41 Å². The number of rotatable bonds is 13. The molecular formula is C31H47NaO5. The predicted octanol–water partition coefficient (Wildman–Crippen LogP) is 5.71. The summed E-state index contributed by atoms with van der Waals surface area (Å²) < 4.78 is 5.81. The average Bonchev–Trinajstić information content (AvgIpc) is 2.82. The monoisotopic (exact) mass is 522 g/mol. The average molecular weight is 523 g/mol. The Morgan fingerprint density at radius 2 is 1.49 bits per heavy atom. The molecule has 2 aromatic rings. The van der Waals surface area contributed by atoms with Crippen LogP contribution in [0.2, 0.25) is 0 Å². The van der Waals surface area contributed by atoms with E-state index in [0.717, 1.165) is 31.2 Å². The zero-order valence-corrected chi connectivity index (χ0v) is 23.2. The van der Waals surface area contributed by atoms with Gasteiger partial charge in [0.1, 0.15) is 12.4 Å². The van der Waals surface area contributed by atoms with Crippen LogP contribution in [-0.2, 0) is 16.6 Å². The molecule has 2 aromatic carbocycles. The first-order valence-corrected chi connectivity index (χ1v) is 13.3. The van der Waals surface area contributed by atoms with Gasteiger partial charge in [0.15, 0.2) is 0 Å².